The van der Waals surface area contributed by atoms with Gasteiger partial charge in [-0.25, -0.2) is 0 Å². The van der Waals surface area contributed by atoms with E-state index in [4.69, 9.17) is 25.8 Å². The third-order valence-electron chi connectivity index (χ3n) is 3.48. The first-order valence-electron chi connectivity index (χ1n) is 6.88. The van der Waals surface area contributed by atoms with Crippen molar-refractivity contribution in [3.05, 3.63) is 46.5 Å². The molecule has 0 saturated carbocycles. The first kappa shape index (κ1) is 16.3. The Hall–Kier alpha value is -2.07. The summed E-state index contributed by atoms with van der Waals surface area (Å²) in [6, 6.07) is 9.65. The number of hydrogen-bond acceptors (Lipinski definition) is 4. The van der Waals surface area contributed by atoms with Crippen LogP contribution in [0.25, 0.3) is 0 Å². The molecule has 0 saturated heterocycles. The SMILES string of the molecule is COc1cc(CNc2cccc(Cl)c2C)cc(OC)c1OC. The van der Waals surface area contributed by atoms with Crippen LogP contribution < -0.4 is 19.5 Å². The van der Waals surface area contributed by atoms with Crippen molar-refractivity contribution >= 4 is 17.3 Å². The monoisotopic (exact) mass is 321 g/mol. The predicted octanol–water partition coefficient (Wildman–Crippen LogP) is 4.29. The number of ether oxygens (including phenoxy) is 3. The summed E-state index contributed by atoms with van der Waals surface area (Å²) in [5, 5.41) is 4.12. The zero-order valence-electron chi connectivity index (χ0n) is 13.2. The van der Waals surface area contributed by atoms with Gasteiger partial charge >= 0.3 is 0 Å². The summed E-state index contributed by atoms with van der Waals surface area (Å²) in [4.78, 5) is 0. The van der Waals surface area contributed by atoms with Gasteiger partial charge in [-0.1, -0.05) is 17.7 Å². The molecule has 0 aromatic heterocycles. The highest BCUT2D eigenvalue weighted by Gasteiger charge is 2.13. The first-order chi connectivity index (χ1) is 10.6. The molecule has 0 atom stereocenters. The molecule has 22 heavy (non-hydrogen) atoms. The van der Waals surface area contributed by atoms with E-state index in [1.165, 1.54) is 0 Å². The zero-order valence-corrected chi connectivity index (χ0v) is 14.0. The van der Waals surface area contributed by atoms with Crippen molar-refractivity contribution < 1.29 is 14.2 Å². The highest BCUT2D eigenvalue weighted by atomic mass is 35.5. The molecule has 0 spiro atoms. The molecule has 2 aromatic carbocycles. The second-order valence-electron chi connectivity index (χ2n) is 4.80. The van der Waals surface area contributed by atoms with Crippen molar-refractivity contribution in [3.8, 4) is 17.2 Å². The van der Waals surface area contributed by atoms with Gasteiger partial charge in [-0.3, -0.25) is 0 Å². The Morgan fingerprint density at radius 2 is 1.64 bits per heavy atom. The molecule has 0 amide bonds. The number of hydrogen-bond donors (Lipinski definition) is 1. The van der Waals surface area contributed by atoms with Gasteiger partial charge in [-0.05, 0) is 42.3 Å². The van der Waals surface area contributed by atoms with Gasteiger partial charge in [0.2, 0.25) is 5.75 Å². The lowest BCUT2D eigenvalue weighted by atomic mass is 10.1. The molecule has 1 N–H and O–H groups in total. The Kier molecular flexibility index (Phi) is 5.39. The summed E-state index contributed by atoms with van der Waals surface area (Å²) in [7, 11) is 4.80. The van der Waals surface area contributed by atoms with Crippen molar-refractivity contribution in [2.45, 2.75) is 13.5 Å². The molecule has 0 aliphatic heterocycles. The Morgan fingerprint density at radius 3 is 2.18 bits per heavy atom. The van der Waals surface area contributed by atoms with Crippen molar-refractivity contribution in [1.29, 1.82) is 0 Å². The lowest BCUT2D eigenvalue weighted by Crippen LogP contribution is -2.03. The normalized spacial score (nSPS) is 10.2. The lowest BCUT2D eigenvalue weighted by Gasteiger charge is -2.15. The van der Waals surface area contributed by atoms with Crippen LogP contribution in [0, 0.1) is 6.92 Å². The Bertz CT molecular complexity index is 633. The van der Waals surface area contributed by atoms with Gasteiger partial charge in [0.05, 0.1) is 21.3 Å². The maximum atomic E-state index is 6.13. The number of benzene rings is 2. The molecule has 118 valence electrons. The molecule has 0 aliphatic carbocycles. The van der Waals surface area contributed by atoms with Crippen LogP contribution in [0.5, 0.6) is 17.2 Å². The zero-order chi connectivity index (χ0) is 16.1. The number of nitrogens with one attached hydrogen (secondary N) is 1. The topological polar surface area (TPSA) is 39.7 Å². The molecular formula is C17H20ClNO3. The van der Waals surface area contributed by atoms with Gasteiger partial charge in [-0.2, -0.15) is 0 Å². The Labute approximate surface area is 136 Å². The molecule has 0 unspecified atom stereocenters. The minimum Gasteiger partial charge on any atom is -0.493 e. The van der Waals surface area contributed by atoms with Gasteiger partial charge in [-0.15, -0.1) is 0 Å². The van der Waals surface area contributed by atoms with E-state index in [2.05, 4.69) is 5.32 Å². The summed E-state index contributed by atoms with van der Waals surface area (Å²) >= 11 is 6.13. The molecular weight excluding hydrogens is 302 g/mol. The largest absolute Gasteiger partial charge is 0.493 e. The Morgan fingerprint density at radius 1 is 1.00 bits per heavy atom. The van der Waals surface area contributed by atoms with Crippen molar-refractivity contribution in [3.63, 3.8) is 0 Å². The highest BCUT2D eigenvalue weighted by molar-refractivity contribution is 6.31. The fourth-order valence-electron chi connectivity index (χ4n) is 2.23. The third kappa shape index (κ3) is 3.39. The van der Waals surface area contributed by atoms with Gasteiger partial charge in [0.15, 0.2) is 11.5 Å². The molecule has 2 rings (SSSR count). The average molecular weight is 322 g/mol. The maximum absolute atomic E-state index is 6.13. The van der Waals surface area contributed by atoms with E-state index in [-0.39, 0.29) is 0 Å². The molecule has 0 radical (unpaired) electrons. The Balaban J connectivity index is 2.24. The fourth-order valence-corrected chi connectivity index (χ4v) is 2.41. The van der Waals surface area contributed by atoms with Gasteiger partial charge in [0, 0.05) is 17.3 Å². The van der Waals surface area contributed by atoms with E-state index in [0.29, 0.717) is 23.8 Å². The summed E-state index contributed by atoms with van der Waals surface area (Å²) in [6.45, 7) is 2.61. The van der Waals surface area contributed by atoms with Crippen LogP contribution in [-0.4, -0.2) is 21.3 Å². The van der Waals surface area contributed by atoms with Crippen LogP contribution in [-0.2, 0) is 6.54 Å². The molecule has 4 nitrogen and oxygen atoms in total. The van der Waals surface area contributed by atoms with E-state index in [1.807, 2.05) is 37.3 Å². The van der Waals surface area contributed by atoms with Crippen molar-refractivity contribution in [1.82, 2.24) is 0 Å². The molecule has 0 aliphatic rings. The molecule has 0 fully saturated rings. The number of methoxy groups -OCH3 is 3. The summed E-state index contributed by atoms with van der Waals surface area (Å²) < 4.78 is 16.0. The smallest absolute Gasteiger partial charge is 0.203 e. The minimum atomic E-state index is 0.590. The molecule has 2 aromatic rings. The second kappa shape index (κ2) is 7.27. The summed E-state index contributed by atoms with van der Waals surface area (Å²) in [5.74, 6) is 1.87. The van der Waals surface area contributed by atoms with E-state index in [0.717, 1.165) is 21.8 Å². The van der Waals surface area contributed by atoms with E-state index < -0.39 is 0 Å². The third-order valence-corrected chi connectivity index (χ3v) is 3.88. The van der Waals surface area contributed by atoms with Crippen molar-refractivity contribution in [2.75, 3.05) is 26.6 Å². The predicted molar refractivity (Wildman–Crippen MR) is 89.6 cm³/mol. The highest BCUT2D eigenvalue weighted by Crippen LogP contribution is 2.38. The average Bonchev–Trinajstić information content (AvgIpc) is 2.55. The summed E-state index contributed by atoms with van der Waals surface area (Å²) in [6.07, 6.45) is 0. The van der Waals surface area contributed by atoms with Gasteiger partial charge in [0.1, 0.15) is 0 Å². The standard InChI is InChI=1S/C17H20ClNO3/c1-11-13(18)6-5-7-14(11)19-10-12-8-15(20-2)17(22-4)16(9-12)21-3/h5-9,19H,10H2,1-4H3. The van der Waals surface area contributed by atoms with Crippen molar-refractivity contribution in [2.24, 2.45) is 0 Å². The minimum absolute atomic E-state index is 0.590. The molecule has 5 heteroatoms. The van der Waals surface area contributed by atoms with Crippen LogP contribution in [0.4, 0.5) is 5.69 Å². The maximum Gasteiger partial charge on any atom is 0.203 e. The van der Waals surface area contributed by atoms with Crippen LogP contribution in [0.1, 0.15) is 11.1 Å². The lowest BCUT2D eigenvalue weighted by molar-refractivity contribution is 0.324. The quantitative estimate of drug-likeness (QED) is 0.861. The number of rotatable bonds is 6. The van der Waals surface area contributed by atoms with Crippen LogP contribution >= 0.6 is 11.6 Å². The van der Waals surface area contributed by atoms with E-state index in [9.17, 15) is 0 Å². The molecule has 0 bridgehead atoms. The molecule has 0 heterocycles. The van der Waals surface area contributed by atoms with Gasteiger partial charge in [0.25, 0.3) is 0 Å². The van der Waals surface area contributed by atoms with E-state index in [1.54, 1.807) is 21.3 Å². The number of halogens is 1. The fraction of sp³-hybridized carbons (Fsp3) is 0.294. The van der Waals surface area contributed by atoms with Gasteiger partial charge < -0.3 is 19.5 Å². The van der Waals surface area contributed by atoms with Crippen LogP contribution in [0.15, 0.2) is 30.3 Å². The number of anilines is 1. The summed E-state index contributed by atoms with van der Waals surface area (Å²) in [5.41, 5.74) is 3.05. The second-order valence-corrected chi connectivity index (χ2v) is 5.21. The van der Waals surface area contributed by atoms with E-state index >= 15 is 0 Å². The van der Waals surface area contributed by atoms with Crippen LogP contribution in [0.2, 0.25) is 5.02 Å². The first-order valence-corrected chi connectivity index (χ1v) is 7.26. The van der Waals surface area contributed by atoms with Crippen LogP contribution in [0.3, 0.4) is 0 Å².